The van der Waals surface area contributed by atoms with Crippen LogP contribution >= 0.6 is 12.4 Å². The third-order valence-electron chi connectivity index (χ3n) is 3.96. The van der Waals surface area contributed by atoms with Gasteiger partial charge in [-0.1, -0.05) is 0 Å². The molecular weight excluding hydrogens is 357 g/mol. The van der Waals surface area contributed by atoms with Crippen LogP contribution in [0.15, 0.2) is 29.2 Å². The van der Waals surface area contributed by atoms with Crippen molar-refractivity contribution < 1.29 is 17.6 Å². The summed E-state index contributed by atoms with van der Waals surface area (Å²) in [6.45, 7) is 1.47. The fraction of sp³-hybridized carbons (Fsp3) is 0.533. The third-order valence-corrected chi connectivity index (χ3v) is 5.83. The molecule has 6 nitrogen and oxygen atoms in total. The molecule has 0 bridgehead atoms. The second kappa shape index (κ2) is 8.75. The lowest BCUT2D eigenvalue weighted by Crippen LogP contribution is -2.33. The second-order valence-electron chi connectivity index (χ2n) is 5.77. The fourth-order valence-electron chi connectivity index (χ4n) is 2.53. The van der Waals surface area contributed by atoms with Gasteiger partial charge in [-0.05, 0) is 37.1 Å². The van der Waals surface area contributed by atoms with Gasteiger partial charge in [0, 0.05) is 39.1 Å². The Balaban J connectivity index is 0.00000288. The highest BCUT2D eigenvalue weighted by Crippen LogP contribution is 2.16. The monoisotopic (exact) mass is 379 g/mol. The molecule has 0 unspecified atom stereocenters. The number of benzene rings is 1. The maximum absolute atomic E-state index is 12.9. The molecule has 1 atom stereocenters. The van der Waals surface area contributed by atoms with Gasteiger partial charge in [0.25, 0.3) is 0 Å². The van der Waals surface area contributed by atoms with Gasteiger partial charge in [0.15, 0.2) is 0 Å². The van der Waals surface area contributed by atoms with Crippen LogP contribution in [0.25, 0.3) is 0 Å². The van der Waals surface area contributed by atoms with Crippen molar-refractivity contribution >= 4 is 28.3 Å². The van der Waals surface area contributed by atoms with E-state index in [0.29, 0.717) is 19.5 Å². The van der Waals surface area contributed by atoms with E-state index in [1.807, 2.05) is 0 Å². The molecular formula is C15H23ClFN3O3S. The average molecular weight is 380 g/mol. The van der Waals surface area contributed by atoms with Crippen molar-refractivity contribution in [1.82, 2.24) is 9.21 Å². The summed E-state index contributed by atoms with van der Waals surface area (Å²) in [6, 6.07) is 4.73. The lowest BCUT2D eigenvalue weighted by atomic mass is 10.3. The molecule has 1 saturated heterocycles. The van der Waals surface area contributed by atoms with E-state index in [-0.39, 0.29) is 42.2 Å². The molecule has 1 fully saturated rings. The van der Waals surface area contributed by atoms with E-state index < -0.39 is 15.8 Å². The lowest BCUT2D eigenvalue weighted by molar-refractivity contribution is -0.130. The Kier molecular flexibility index (Phi) is 7.59. The first-order valence-electron chi connectivity index (χ1n) is 7.56. The van der Waals surface area contributed by atoms with Crippen LogP contribution in [0, 0.1) is 5.82 Å². The molecule has 0 aromatic heterocycles. The van der Waals surface area contributed by atoms with E-state index in [9.17, 15) is 17.6 Å². The zero-order valence-corrected chi connectivity index (χ0v) is 15.2. The lowest BCUT2D eigenvalue weighted by Gasteiger charge is -2.19. The Bertz CT molecular complexity index is 654. The predicted octanol–water partition coefficient (Wildman–Crippen LogP) is 1.21. The van der Waals surface area contributed by atoms with Crippen molar-refractivity contribution in [3.63, 3.8) is 0 Å². The van der Waals surface area contributed by atoms with E-state index in [2.05, 4.69) is 0 Å². The van der Waals surface area contributed by atoms with Crippen molar-refractivity contribution in [1.29, 1.82) is 0 Å². The molecule has 2 N–H and O–H groups in total. The Morgan fingerprint density at radius 1 is 1.38 bits per heavy atom. The molecule has 0 aliphatic carbocycles. The van der Waals surface area contributed by atoms with Gasteiger partial charge in [-0.3, -0.25) is 4.79 Å². The van der Waals surface area contributed by atoms with Crippen molar-refractivity contribution in [3.05, 3.63) is 30.1 Å². The number of hydrogen-bond donors (Lipinski definition) is 1. The van der Waals surface area contributed by atoms with Gasteiger partial charge in [-0.2, -0.15) is 0 Å². The standard InChI is InChI=1S/C15H22FN3O3S.ClH/c1-18(23(21,22)14-6-4-12(16)5-7-14)9-2-3-15(20)19-10-8-13(17)11-19;/h4-7,13H,2-3,8-11,17H2,1H3;1H/t13-;/m1./s1. The molecule has 24 heavy (non-hydrogen) atoms. The maximum Gasteiger partial charge on any atom is 0.242 e. The molecule has 136 valence electrons. The summed E-state index contributed by atoms with van der Waals surface area (Å²) in [5, 5.41) is 0. The predicted molar refractivity (Wildman–Crippen MR) is 91.9 cm³/mol. The number of amides is 1. The van der Waals surface area contributed by atoms with E-state index in [1.165, 1.54) is 23.5 Å². The molecule has 0 radical (unpaired) electrons. The topological polar surface area (TPSA) is 83.7 Å². The van der Waals surface area contributed by atoms with Crippen LogP contribution < -0.4 is 5.73 Å². The maximum atomic E-state index is 12.9. The van der Waals surface area contributed by atoms with E-state index in [0.717, 1.165) is 18.6 Å². The Morgan fingerprint density at radius 3 is 2.54 bits per heavy atom. The van der Waals surface area contributed by atoms with Gasteiger partial charge >= 0.3 is 0 Å². The van der Waals surface area contributed by atoms with Crippen LogP contribution in [0.3, 0.4) is 0 Å². The summed E-state index contributed by atoms with van der Waals surface area (Å²) in [7, 11) is -2.21. The first-order chi connectivity index (χ1) is 10.8. The van der Waals surface area contributed by atoms with E-state index in [1.54, 1.807) is 4.90 Å². The minimum atomic E-state index is -3.66. The van der Waals surface area contributed by atoms with Gasteiger partial charge in [-0.15, -0.1) is 12.4 Å². The first kappa shape index (κ1) is 20.8. The van der Waals surface area contributed by atoms with Crippen molar-refractivity contribution in [2.45, 2.75) is 30.2 Å². The number of nitrogens with two attached hydrogens (primary N) is 1. The van der Waals surface area contributed by atoms with Gasteiger partial charge in [0.1, 0.15) is 5.82 Å². The SMILES string of the molecule is CN(CCCC(=O)N1CC[C@@H](N)C1)S(=O)(=O)c1ccc(F)cc1.Cl. The summed E-state index contributed by atoms with van der Waals surface area (Å²) < 4.78 is 38.7. The number of hydrogen-bond acceptors (Lipinski definition) is 4. The molecule has 1 amide bonds. The number of carbonyl (C=O) groups is 1. The summed E-state index contributed by atoms with van der Waals surface area (Å²) in [4.78, 5) is 13.8. The second-order valence-corrected chi connectivity index (χ2v) is 7.82. The number of carbonyl (C=O) groups excluding carboxylic acids is 1. The number of nitrogens with zero attached hydrogens (tertiary/aromatic N) is 2. The van der Waals surface area contributed by atoms with Crippen LogP contribution in [0.4, 0.5) is 4.39 Å². The van der Waals surface area contributed by atoms with Crippen molar-refractivity contribution in [2.24, 2.45) is 5.73 Å². The zero-order chi connectivity index (χ0) is 17.0. The van der Waals surface area contributed by atoms with Crippen LogP contribution in [0.5, 0.6) is 0 Å². The highest BCUT2D eigenvalue weighted by atomic mass is 35.5. The highest BCUT2D eigenvalue weighted by molar-refractivity contribution is 7.89. The molecule has 1 aromatic rings. The third kappa shape index (κ3) is 5.14. The van der Waals surface area contributed by atoms with E-state index >= 15 is 0 Å². The number of likely N-dealkylation sites (tertiary alicyclic amines) is 1. The largest absolute Gasteiger partial charge is 0.341 e. The number of sulfonamides is 1. The quantitative estimate of drug-likeness (QED) is 0.805. The zero-order valence-electron chi connectivity index (χ0n) is 13.5. The number of rotatable bonds is 6. The smallest absolute Gasteiger partial charge is 0.242 e. The molecule has 1 aliphatic rings. The molecule has 0 saturated carbocycles. The number of halogens is 2. The Labute approximate surface area is 148 Å². The van der Waals surface area contributed by atoms with Crippen LogP contribution in [0.2, 0.25) is 0 Å². The van der Waals surface area contributed by atoms with Crippen LogP contribution in [-0.2, 0) is 14.8 Å². The van der Waals surface area contributed by atoms with Crippen molar-refractivity contribution in [2.75, 3.05) is 26.7 Å². The Hall–Kier alpha value is -1.22. The first-order valence-corrected chi connectivity index (χ1v) is 9.00. The molecule has 9 heteroatoms. The molecule has 1 heterocycles. The minimum absolute atomic E-state index is 0. The van der Waals surface area contributed by atoms with E-state index in [4.69, 9.17) is 5.73 Å². The molecule has 0 spiro atoms. The molecule has 1 aromatic carbocycles. The average Bonchev–Trinajstić information content (AvgIpc) is 2.94. The summed E-state index contributed by atoms with van der Waals surface area (Å²) in [5.41, 5.74) is 5.76. The summed E-state index contributed by atoms with van der Waals surface area (Å²) >= 11 is 0. The summed E-state index contributed by atoms with van der Waals surface area (Å²) in [6.07, 6.45) is 1.53. The van der Waals surface area contributed by atoms with Gasteiger partial charge < -0.3 is 10.6 Å². The summed E-state index contributed by atoms with van der Waals surface area (Å²) in [5.74, 6) is -0.480. The van der Waals surface area contributed by atoms with Crippen LogP contribution in [0.1, 0.15) is 19.3 Å². The van der Waals surface area contributed by atoms with Gasteiger partial charge in [0.05, 0.1) is 4.90 Å². The van der Waals surface area contributed by atoms with Crippen molar-refractivity contribution in [3.8, 4) is 0 Å². The van der Waals surface area contributed by atoms with Gasteiger partial charge in [0.2, 0.25) is 15.9 Å². The Morgan fingerprint density at radius 2 is 2.00 bits per heavy atom. The molecule has 2 rings (SSSR count). The molecule has 1 aliphatic heterocycles. The van der Waals surface area contributed by atoms with Gasteiger partial charge in [-0.25, -0.2) is 17.1 Å². The van der Waals surface area contributed by atoms with Crippen LogP contribution in [-0.4, -0.2) is 56.3 Å². The normalized spacial score (nSPS) is 17.8. The fourth-order valence-corrected chi connectivity index (χ4v) is 3.74. The highest BCUT2D eigenvalue weighted by Gasteiger charge is 2.24. The minimum Gasteiger partial charge on any atom is -0.341 e.